The van der Waals surface area contributed by atoms with Crippen LogP contribution in [0.2, 0.25) is 35.7 Å². The lowest BCUT2D eigenvalue weighted by Gasteiger charge is -2.20. The molecule has 1 aliphatic rings. The second-order valence-electron chi connectivity index (χ2n) is 10.8. The van der Waals surface area contributed by atoms with Gasteiger partial charge >= 0.3 is 6.09 Å². The lowest BCUT2D eigenvalue weighted by molar-refractivity contribution is -0.117. The van der Waals surface area contributed by atoms with Crippen LogP contribution >= 0.6 is 23.2 Å². The Labute approximate surface area is 217 Å². The monoisotopic (exact) mass is 541 g/mol. The van der Waals surface area contributed by atoms with Gasteiger partial charge in [-0.15, -0.1) is 0 Å². The number of amides is 1. The van der Waals surface area contributed by atoms with Gasteiger partial charge in [0.05, 0.1) is 28.1 Å². The second-order valence-corrected chi connectivity index (χ2v) is 17.2. The van der Waals surface area contributed by atoms with Crippen molar-refractivity contribution in [3.05, 3.63) is 40.1 Å². The number of nitrogens with zero attached hydrogens (tertiary/aromatic N) is 3. The van der Waals surface area contributed by atoms with Gasteiger partial charge in [-0.05, 0) is 38.9 Å². The standard InChI is InChI=1S/C24H33Cl2N3O5Si/c1-24(2,3)34-23(31)29-14-17(12-27-29)28-13-16(11-20(28)30)21-19(8-7-18(25)22(21)26)33-15-32-9-10-35(4,5)6/h7-8,12,14,16H,9-11,13,15H2,1-6H3. The van der Waals surface area contributed by atoms with Gasteiger partial charge in [0.1, 0.15) is 11.4 Å². The summed E-state index contributed by atoms with van der Waals surface area (Å²) in [4.78, 5) is 26.8. The molecule has 0 N–H and O–H groups in total. The molecule has 1 aromatic heterocycles. The van der Waals surface area contributed by atoms with Crippen molar-refractivity contribution in [1.29, 1.82) is 0 Å². The highest BCUT2D eigenvalue weighted by Crippen LogP contribution is 2.43. The Hall–Kier alpha value is -2.07. The first kappa shape index (κ1) is 27.5. The van der Waals surface area contributed by atoms with E-state index in [9.17, 15) is 9.59 Å². The Bertz CT molecular complexity index is 1080. The van der Waals surface area contributed by atoms with Gasteiger partial charge in [-0.1, -0.05) is 42.8 Å². The maximum atomic E-state index is 12.9. The van der Waals surface area contributed by atoms with E-state index in [0.29, 0.717) is 40.2 Å². The first-order chi connectivity index (χ1) is 16.2. The molecule has 1 unspecified atom stereocenters. The zero-order chi connectivity index (χ0) is 26.0. The first-order valence-electron chi connectivity index (χ1n) is 11.5. The van der Waals surface area contributed by atoms with Gasteiger partial charge in [-0.25, -0.2) is 4.79 Å². The zero-order valence-corrected chi connectivity index (χ0v) is 23.6. The summed E-state index contributed by atoms with van der Waals surface area (Å²) in [5.74, 6) is 0.166. The highest BCUT2D eigenvalue weighted by atomic mass is 35.5. The number of hydrogen-bond donors (Lipinski definition) is 0. The number of halogens is 2. The van der Waals surface area contributed by atoms with E-state index in [-0.39, 0.29) is 25.0 Å². The van der Waals surface area contributed by atoms with Crippen LogP contribution in [0.4, 0.5) is 10.5 Å². The van der Waals surface area contributed by atoms with E-state index in [1.165, 1.54) is 12.4 Å². The van der Waals surface area contributed by atoms with E-state index in [2.05, 4.69) is 24.7 Å². The number of rotatable bonds is 8. The number of hydrogen-bond acceptors (Lipinski definition) is 6. The molecular formula is C24H33Cl2N3O5Si. The molecule has 0 bridgehead atoms. The van der Waals surface area contributed by atoms with Crippen LogP contribution in [-0.4, -0.2) is 55.4 Å². The number of anilines is 1. The summed E-state index contributed by atoms with van der Waals surface area (Å²) in [6.07, 6.45) is 2.55. The smallest absolute Gasteiger partial charge is 0.435 e. The minimum absolute atomic E-state index is 0.0858. The van der Waals surface area contributed by atoms with Gasteiger partial charge in [0.15, 0.2) is 6.79 Å². The van der Waals surface area contributed by atoms with Crippen LogP contribution in [0.3, 0.4) is 0 Å². The Morgan fingerprint density at radius 2 is 1.94 bits per heavy atom. The van der Waals surface area contributed by atoms with Crippen molar-refractivity contribution >= 4 is 49.0 Å². The third-order valence-electron chi connectivity index (χ3n) is 5.38. The SMILES string of the molecule is CC(C)(C)OC(=O)n1cc(N2CC(c3c(OCOCC[Si](C)(C)C)ccc(Cl)c3Cl)CC2=O)cn1. The third-order valence-corrected chi connectivity index (χ3v) is 7.90. The molecule has 1 amide bonds. The fraction of sp³-hybridized carbons (Fsp3) is 0.542. The van der Waals surface area contributed by atoms with Gasteiger partial charge in [0.2, 0.25) is 5.91 Å². The van der Waals surface area contributed by atoms with Crippen LogP contribution < -0.4 is 9.64 Å². The molecule has 1 aliphatic heterocycles. The summed E-state index contributed by atoms with van der Waals surface area (Å²) in [7, 11) is -1.20. The summed E-state index contributed by atoms with van der Waals surface area (Å²) in [5, 5.41) is 4.81. The summed E-state index contributed by atoms with van der Waals surface area (Å²) in [5.41, 5.74) is 0.512. The average molecular weight is 543 g/mol. The lowest BCUT2D eigenvalue weighted by Crippen LogP contribution is -2.27. The fourth-order valence-electron chi connectivity index (χ4n) is 3.61. The second kappa shape index (κ2) is 10.9. The van der Waals surface area contributed by atoms with Crippen LogP contribution in [0.5, 0.6) is 5.75 Å². The maximum absolute atomic E-state index is 12.9. The summed E-state index contributed by atoms with van der Waals surface area (Å²) in [6.45, 7) is 13.2. The molecule has 11 heteroatoms. The van der Waals surface area contributed by atoms with Gasteiger partial charge in [-0.3, -0.25) is 4.79 Å². The van der Waals surface area contributed by atoms with Crippen molar-refractivity contribution in [2.75, 3.05) is 24.8 Å². The molecule has 35 heavy (non-hydrogen) atoms. The number of carbonyl (C=O) groups excluding carboxylic acids is 2. The van der Waals surface area contributed by atoms with Gasteiger partial charge in [-0.2, -0.15) is 9.78 Å². The van der Waals surface area contributed by atoms with Gasteiger partial charge < -0.3 is 19.1 Å². The van der Waals surface area contributed by atoms with Crippen LogP contribution in [0.15, 0.2) is 24.5 Å². The fourth-order valence-corrected chi connectivity index (χ4v) is 4.84. The molecule has 0 spiro atoms. The van der Waals surface area contributed by atoms with Crippen molar-refractivity contribution in [2.24, 2.45) is 0 Å². The molecule has 3 rings (SSSR count). The zero-order valence-electron chi connectivity index (χ0n) is 21.1. The Kier molecular flexibility index (Phi) is 8.57. The van der Waals surface area contributed by atoms with E-state index in [0.717, 1.165) is 10.7 Å². The topological polar surface area (TPSA) is 82.9 Å². The molecule has 1 atom stereocenters. The molecule has 192 valence electrons. The van der Waals surface area contributed by atoms with Crippen molar-refractivity contribution in [3.8, 4) is 5.75 Å². The van der Waals surface area contributed by atoms with Gasteiger partial charge in [0.25, 0.3) is 0 Å². The molecule has 8 nitrogen and oxygen atoms in total. The molecule has 1 saturated heterocycles. The predicted octanol–water partition coefficient (Wildman–Crippen LogP) is 6.18. The van der Waals surface area contributed by atoms with Crippen LogP contribution in [-0.2, 0) is 14.3 Å². The predicted molar refractivity (Wildman–Crippen MR) is 140 cm³/mol. The van der Waals surface area contributed by atoms with Gasteiger partial charge in [0, 0.05) is 39.1 Å². The molecular weight excluding hydrogens is 509 g/mol. The highest BCUT2D eigenvalue weighted by molar-refractivity contribution is 6.76. The molecule has 1 fully saturated rings. The Balaban J connectivity index is 1.73. The third kappa shape index (κ3) is 7.46. The van der Waals surface area contributed by atoms with Crippen LogP contribution in [0, 0.1) is 0 Å². The van der Waals surface area contributed by atoms with E-state index < -0.39 is 19.8 Å². The number of carbonyl (C=O) groups is 2. The van der Waals surface area contributed by atoms with E-state index >= 15 is 0 Å². The van der Waals surface area contributed by atoms with Crippen LogP contribution in [0.25, 0.3) is 0 Å². The average Bonchev–Trinajstić information content (AvgIpc) is 3.35. The van der Waals surface area contributed by atoms with Crippen molar-refractivity contribution in [3.63, 3.8) is 0 Å². The Morgan fingerprint density at radius 1 is 1.23 bits per heavy atom. The number of benzene rings is 1. The normalized spacial score (nSPS) is 16.6. The highest BCUT2D eigenvalue weighted by Gasteiger charge is 2.36. The number of aromatic nitrogens is 2. The molecule has 0 aliphatic carbocycles. The molecule has 0 saturated carbocycles. The first-order valence-corrected chi connectivity index (χ1v) is 16.0. The minimum Gasteiger partial charge on any atom is -0.467 e. The largest absolute Gasteiger partial charge is 0.467 e. The number of ether oxygens (including phenoxy) is 3. The lowest BCUT2D eigenvalue weighted by atomic mass is 9.97. The van der Waals surface area contributed by atoms with Crippen LogP contribution in [0.1, 0.15) is 38.7 Å². The van der Waals surface area contributed by atoms with Crippen molar-refractivity contribution in [1.82, 2.24) is 9.78 Å². The quantitative estimate of drug-likeness (QED) is 0.225. The van der Waals surface area contributed by atoms with E-state index in [1.54, 1.807) is 37.8 Å². The van der Waals surface area contributed by atoms with Crippen molar-refractivity contribution in [2.45, 2.75) is 64.4 Å². The minimum atomic E-state index is -1.20. The summed E-state index contributed by atoms with van der Waals surface area (Å²) in [6, 6.07) is 4.46. The summed E-state index contributed by atoms with van der Waals surface area (Å²) >= 11 is 12.9. The van der Waals surface area contributed by atoms with Crippen molar-refractivity contribution < 1.29 is 23.8 Å². The molecule has 2 aromatic rings. The molecule has 2 heterocycles. The Morgan fingerprint density at radius 3 is 2.60 bits per heavy atom. The molecule has 1 aromatic carbocycles. The van der Waals surface area contributed by atoms with E-state index in [1.807, 2.05) is 0 Å². The summed E-state index contributed by atoms with van der Waals surface area (Å²) < 4.78 is 18.0. The molecule has 0 radical (unpaired) electrons. The maximum Gasteiger partial charge on any atom is 0.435 e. The van der Waals surface area contributed by atoms with E-state index in [4.69, 9.17) is 37.4 Å².